The number of nitrogens with zero attached hydrogens (tertiary/aromatic N) is 4. The Balaban J connectivity index is 0.741. The number of pyridine rings is 2. The van der Waals surface area contributed by atoms with Crippen LogP contribution in [0, 0.1) is 0 Å². The molecular formula is C58H50N4O4. The molecule has 9 rings (SSSR count). The second-order valence-electron chi connectivity index (χ2n) is 16.0. The van der Waals surface area contributed by atoms with Crippen LogP contribution in [0.25, 0.3) is 21.5 Å². The number of fused-ring (bicyclic) bond motifs is 2. The Bertz CT molecular complexity index is 2770. The lowest BCUT2D eigenvalue weighted by molar-refractivity contribution is 0.107. The maximum absolute atomic E-state index is 6.25. The highest BCUT2D eigenvalue weighted by Gasteiger charge is 2.12. The van der Waals surface area contributed by atoms with Gasteiger partial charge in [0.25, 0.3) is 0 Å². The van der Waals surface area contributed by atoms with Crippen LogP contribution in [0.3, 0.4) is 0 Å². The summed E-state index contributed by atoms with van der Waals surface area (Å²) in [7, 11) is 0. The van der Waals surface area contributed by atoms with Crippen molar-refractivity contribution in [1.29, 1.82) is 0 Å². The first-order valence-corrected chi connectivity index (χ1v) is 22.2. The van der Waals surface area contributed by atoms with Crippen LogP contribution < -0.4 is 9.47 Å². The van der Waals surface area contributed by atoms with E-state index >= 15 is 0 Å². The fourth-order valence-corrected chi connectivity index (χ4v) is 7.54. The van der Waals surface area contributed by atoms with E-state index in [2.05, 4.69) is 119 Å². The van der Waals surface area contributed by atoms with Crippen LogP contribution in [-0.4, -0.2) is 35.6 Å². The van der Waals surface area contributed by atoms with Crippen LogP contribution in [0.2, 0.25) is 0 Å². The highest BCUT2D eigenvalue weighted by atomic mass is 16.5. The van der Waals surface area contributed by atoms with Crippen molar-refractivity contribution < 1.29 is 18.9 Å². The van der Waals surface area contributed by atoms with Gasteiger partial charge in [-0.05, 0) is 91.3 Å². The van der Waals surface area contributed by atoms with Crippen LogP contribution in [0.5, 0.6) is 11.5 Å². The summed E-state index contributed by atoms with van der Waals surface area (Å²) in [6.45, 7) is 2.68. The predicted molar refractivity (Wildman–Crippen MR) is 264 cm³/mol. The van der Waals surface area contributed by atoms with Gasteiger partial charge in [-0.15, -0.1) is 0 Å². The minimum atomic E-state index is -0.194. The predicted octanol–water partition coefficient (Wildman–Crippen LogP) is 12.7. The second-order valence-corrected chi connectivity index (χ2v) is 16.0. The van der Waals surface area contributed by atoms with Crippen LogP contribution in [0.15, 0.2) is 217 Å². The van der Waals surface area contributed by atoms with Crippen molar-refractivity contribution in [2.24, 2.45) is 9.98 Å². The minimum absolute atomic E-state index is 0.194. The summed E-state index contributed by atoms with van der Waals surface area (Å²) in [5.41, 5.74) is 7.99. The SMILES string of the molecule is C(=N\[C@@H](COCc1ccc(COC[C@H](/N=C/c2ccc(OCc3ccc4ccccc4c3)cn2)c2ccccc2)cc1)c1ccccc1)/c1ccc(OCc2ccc3ccccc3c2)cn1. The number of rotatable bonds is 20. The Morgan fingerprint density at radius 1 is 0.379 bits per heavy atom. The molecule has 8 heteroatoms. The van der Waals surface area contributed by atoms with Crippen LogP contribution in [0.1, 0.15) is 56.9 Å². The molecule has 8 nitrogen and oxygen atoms in total. The molecule has 0 aliphatic rings. The molecule has 0 amide bonds. The van der Waals surface area contributed by atoms with Crippen molar-refractivity contribution in [2.75, 3.05) is 13.2 Å². The number of aliphatic imine (C=N–C) groups is 2. The Morgan fingerprint density at radius 3 is 1.18 bits per heavy atom. The third kappa shape index (κ3) is 12.3. The van der Waals surface area contributed by atoms with Gasteiger partial charge in [0.05, 0.1) is 62.3 Å². The molecule has 0 radical (unpaired) electrons. The van der Waals surface area contributed by atoms with E-state index < -0.39 is 0 Å². The van der Waals surface area contributed by atoms with E-state index in [1.807, 2.05) is 84.9 Å². The minimum Gasteiger partial charge on any atom is -0.487 e. The molecule has 2 aromatic heterocycles. The smallest absolute Gasteiger partial charge is 0.138 e. The fourth-order valence-electron chi connectivity index (χ4n) is 7.54. The van der Waals surface area contributed by atoms with Crippen molar-refractivity contribution in [3.8, 4) is 11.5 Å². The summed E-state index contributed by atoms with van der Waals surface area (Å²) in [5.74, 6) is 1.41. The number of hydrogen-bond acceptors (Lipinski definition) is 8. The van der Waals surface area contributed by atoms with E-state index in [1.165, 1.54) is 21.5 Å². The standard InChI is InChI=1S/C58H50N4O4/c1-3-13-49(14-4-1)57(61-33-53-27-29-55(35-59-53)65-39-45-23-25-47-11-7-9-17-51(47)31-45)41-63-37-43-19-21-44(22-20-43)38-64-42-58(50-15-5-2-6-16-50)62-34-54-28-30-56(36-60-54)66-40-46-24-26-48-12-8-10-18-52(48)32-46/h1-36,57-58H,37-42H2/b61-33+,62-34+/t57-,58-/m0/s1. The van der Waals surface area contributed by atoms with Gasteiger partial charge in [0, 0.05) is 12.4 Å². The zero-order valence-corrected chi connectivity index (χ0v) is 36.6. The molecule has 0 bridgehead atoms. The van der Waals surface area contributed by atoms with Gasteiger partial charge >= 0.3 is 0 Å². The van der Waals surface area contributed by atoms with Crippen molar-refractivity contribution in [3.63, 3.8) is 0 Å². The molecule has 326 valence electrons. The van der Waals surface area contributed by atoms with E-state index in [0.29, 0.717) is 51.1 Å². The molecular weight excluding hydrogens is 817 g/mol. The molecule has 0 saturated heterocycles. The van der Waals surface area contributed by atoms with Gasteiger partial charge in [-0.1, -0.05) is 158 Å². The third-order valence-electron chi connectivity index (χ3n) is 11.2. The maximum Gasteiger partial charge on any atom is 0.138 e. The van der Waals surface area contributed by atoms with Crippen molar-refractivity contribution in [3.05, 3.63) is 251 Å². The molecule has 0 fully saturated rings. The van der Waals surface area contributed by atoms with Crippen LogP contribution in [0.4, 0.5) is 0 Å². The summed E-state index contributed by atoms with van der Waals surface area (Å²) in [5, 5.41) is 4.82. The molecule has 9 aromatic rings. The first-order valence-electron chi connectivity index (χ1n) is 22.2. The maximum atomic E-state index is 6.25. The lowest BCUT2D eigenvalue weighted by atomic mass is 10.1. The zero-order chi connectivity index (χ0) is 44.6. The summed E-state index contributed by atoms with van der Waals surface area (Å²) < 4.78 is 24.6. The average Bonchev–Trinajstić information content (AvgIpc) is 3.38. The van der Waals surface area contributed by atoms with Gasteiger partial charge in [-0.3, -0.25) is 20.0 Å². The quantitative estimate of drug-likeness (QED) is 0.0709. The Kier molecular flexibility index (Phi) is 14.6. The molecule has 0 saturated carbocycles. The van der Waals surface area contributed by atoms with Crippen molar-refractivity contribution >= 4 is 34.0 Å². The molecule has 7 aromatic carbocycles. The molecule has 66 heavy (non-hydrogen) atoms. The first-order chi connectivity index (χ1) is 32.7. The molecule has 2 atom stereocenters. The number of hydrogen-bond donors (Lipinski definition) is 0. The van der Waals surface area contributed by atoms with E-state index in [4.69, 9.17) is 28.9 Å². The van der Waals surface area contributed by atoms with Gasteiger partial charge < -0.3 is 18.9 Å². The van der Waals surface area contributed by atoms with E-state index in [0.717, 1.165) is 44.8 Å². The van der Waals surface area contributed by atoms with Gasteiger partial charge in [-0.2, -0.15) is 0 Å². The van der Waals surface area contributed by atoms with Crippen LogP contribution >= 0.6 is 0 Å². The topological polar surface area (TPSA) is 87.4 Å². The normalized spacial score (nSPS) is 12.5. The molecule has 0 spiro atoms. The van der Waals surface area contributed by atoms with Gasteiger partial charge in [-0.25, -0.2) is 0 Å². The summed E-state index contributed by atoms with van der Waals surface area (Å²) in [6.07, 6.45) is 7.08. The number of aromatic nitrogens is 2. The summed E-state index contributed by atoms with van der Waals surface area (Å²) in [6, 6.07) is 65.4. The van der Waals surface area contributed by atoms with Gasteiger partial charge in [0.2, 0.25) is 0 Å². The monoisotopic (exact) mass is 866 g/mol. The molecule has 0 aliphatic heterocycles. The number of ether oxygens (including phenoxy) is 4. The van der Waals surface area contributed by atoms with Gasteiger partial charge in [0.1, 0.15) is 24.7 Å². The Morgan fingerprint density at radius 2 is 0.773 bits per heavy atom. The average molecular weight is 867 g/mol. The van der Waals surface area contributed by atoms with Gasteiger partial charge in [0.15, 0.2) is 0 Å². The van der Waals surface area contributed by atoms with Crippen LogP contribution in [-0.2, 0) is 35.9 Å². The highest BCUT2D eigenvalue weighted by Crippen LogP contribution is 2.23. The van der Waals surface area contributed by atoms with Crippen molar-refractivity contribution in [2.45, 2.75) is 38.5 Å². The fraction of sp³-hybridized carbons (Fsp3) is 0.138. The lowest BCUT2D eigenvalue weighted by Crippen LogP contribution is -2.08. The third-order valence-corrected chi connectivity index (χ3v) is 11.2. The molecule has 0 unspecified atom stereocenters. The largest absolute Gasteiger partial charge is 0.487 e. The number of benzene rings is 7. The molecule has 2 heterocycles. The first kappa shape index (κ1) is 43.5. The Hall–Kier alpha value is -7.78. The Labute approximate surface area is 385 Å². The molecule has 0 aliphatic carbocycles. The molecule has 0 N–H and O–H groups in total. The van der Waals surface area contributed by atoms with E-state index in [-0.39, 0.29) is 12.1 Å². The highest BCUT2D eigenvalue weighted by molar-refractivity contribution is 5.84. The van der Waals surface area contributed by atoms with Crippen molar-refractivity contribution in [1.82, 2.24) is 9.97 Å². The van der Waals surface area contributed by atoms with E-state index in [9.17, 15) is 0 Å². The lowest BCUT2D eigenvalue weighted by Gasteiger charge is -2.15. The van der Waals surface area contributed by atoms with E-state index in [1.54, 1.807) is 24.8 Å². The summed E-state index contributed by atoms with van der Waals surface area (Å²) >= 11 is 0. The zero-order valence-electron chi connectivity index (χ0n) is 36.6. The second kappa shape index (κ2) is 22.2. The summed E-state index contributed by atoms with van der Waals surface area (Å²) in [4.78, 5) is 19.0.